The molecule has 0 amide bonds. The molecule has 0 saturated carbocycles. The van der Waals surface area contributed by atoms with Gasteiger partial charge in [0.05, 0.1) is 66.1 Å². The monoisotopic (exact) mass is 1390 g/mol. The molecule has 8 aromatic carbocycles. The summed E-state index contributed by atoms with van der Waals surface area (Å²) in [5.74, 6) is 4.99. The number of hydrogen-bond acceptors (Lipinski definition) is 18. The molecule has 528 valence electrons. The predicted octanol–water partition coefficient (Wildman–Crippen LogP) is 4.11. The van der Waals surface area contributed by atoms with Gasteiger partial charge in [0.2, 0.25) is 0 Å². The van der Waals surface area contributed by atoms with Crippen molar-refractivity contribution in [2.45, 2.75) is 78.3 Å². The van der Waals surface area contributed by atoms with Crippen molar-refractivity contribution in [3.63, 3.8) is 0 Å². The van der Waals surface area contributed by atoms with Crippen molar-refractivity contribution in [2.24, 2.45) is 0 Å². The molecule has 0 aromatic heterocycles. The van der Waals surface area contributed by atoms with E-state index >= 15 is 0 Å². The second-order valence-electron chi connectivity index (χ2n) is 23.4. The Morgan fingerprint density at radius 2 is 0.480 bits per heavy atom. The number of para-hydroxylation sites is 8. The number of ether oxygens (including phenoxy) is 10. The van der Waals surface area contributed by atoms with Crippen molar-refractivity contribution in [2.75, 3.05) is 132 Å². The van der Waals surface area contributed by atoms with Crippen LogP contribution in [0.5, 0.6) is 46.0 Å². The van der Waals surface area contributed by atoms with Crippen molar-refractivity contribution in [3.05, 3.63) is 241 Å². The van der Waals surface area contributed by atoms with E-state index < -0.39 is 24.4 Å². The van der Waals surface area contributed by atoms with Crippen LogP contribution in [0.1, 0.15) is 49.9 Å². The van der Waals surface area contributed by atoms with E-state index in [1.54, 1.807) is 0 Å². The Kier molecular flexibility index (Phi) is 43.0. The van der Waals surface area contributed by atoms with Gasteiger partial charge in [0.1, 0.15) is 25.4 Å². The zero-order chi connectivity index (χ0) is 69.0. The van der Waals surface area contributed by atoms with Crippen LogP contribution in [0.2, 0.25) is 0 Å². The summed E-state index contributed by atoms with van der Waals surface area (Å²) in [4.78, 5) is 8.58. The molecule has 0 heterocycles. The molecular weight excluding hydrogens is 1290 g/mol. The van der Waals surface area contributed by atoms with Gasteiger partial charge in [-0.05, 0) is 112 Å². The molecule has 20 heteroatoms. The van der Waals surface area contributed by atoms with Gasteiger partial charge in [0.25, 0.3) is 0 Å². The zero-order valence-electron chi connectivity index (χ0n) is 59.6. The van der Waals surface area contributed by atoms with Crippen LogP contribution in [0, 0.1) is 0 Å². The van der Waals surface area contributed by atoms with Crippen LogP contribution in [0.25, 0.3) is 0 Å². The summed E-state index contributed by atoms with van der Waals surface area (Å²) in [6.45, 7) is 18.5. The Morgan fingerprint density at radius 1 is 0.280 bits per heavy atom. The minimum Gasteiger partial charge on any atom is -0.849 e. The Balaban J connectivity index is 0.000000353. The van der Waals surface area contributed by atoms with E-state index in [1.165, 1.54) is 0 Å². The van der Waals surface area contributed by atoms with Crippen LogP contribution in [0.3, 0.4) is 0 Å². The summed E-state index contributed by atoms with van der Waals surface area (Å²) in [5.41, 5.74) is 4.57. The van der Waals surface area contributed by atoms with E-state index in [1.807, 2.05) is 198 Å². The van der Waals surface area contributed by atoms with Gasteiger partial charge in [-0.25, -0.2) is 0 Å². The Hall–Kier alpha value is -6.24. The van der Waals surface area contributed by atoms with E-state index in [9.17, 15) is 20.4 Å². The van der Waals surface area contributed by atoms with Crippen molar-refractivity contribution in [3.8, 4) is 46.0 Å². The van der Waals surface area contributed by atoms with Crippen molar-refractivity contribution in [1.29, 1.82) is 0 Å². The molecular formula is C80H102N4Na2O14. The molecule has 2 N–H and O–H groups in total. The van der Waals surface area contributed by atoms with Gasteiger partial charge in [-0.1, -0.05) is 182 Å². The smallest absolute Gasteiger partial charge is 0.849 e. The minimum atomic E-state index is -0.962. The zero-order valence-corrected chi connectivity index (χ0v) is 63.6. The van der Waals surface area contributed by atoms with Gasteiger partial charge in [0.15, 0.2) is 46.0 Å². The van der Waals surface area contributed by atoms with Gasteiger partial charge >= 0.3 is 59.1 Å². The van der Waals surface area contributed by atoms with Gasteiger partial charge in [-0.2, -0.15) is 0 Å². The van der Waals surface area contributed by atoms with E-state index in [0.29, 0.717) is 177 Å². The molecule has 18 nitrogen and oxygen atoms in total. The molecule has 8 rings (SSSR count). The Labute approximate surface area is 638 Å². The molecule has 0 radical (unpaired) electrons. The third kappa shape index (κ3) is 33.7. The van der Waals surface area contributed by atoms with Gasteiger partial charge < -0.3 is 67.8 Å². The van der Waals surface area contributed by atoms with Crippen molar-refractivity contribution < 1.29 is 127 Å². The van der Waals surface area contributed by atoms with Crippen LogP contribution in [-0.2, 0) is 35.7 Å². The maximum atomic E-state index is 13.1. The third-order valence-electron chi connectivity index (χ3n) is 15.4. The Morgan fingerprint density at radius 3 is 0.710 bits per heavy atom. The van der Waals surface area contributed by atoms with Crippen LogP contribution in [-0.4, -0.2) is 186 Å². The van der Waals surface area contributed by atoms with Crippen LogP contribution < -0.4 is 107 Å². The standard InChI is InChI=1S/C40H52N2O7.C40H50N2O7.2Na/c2*1-3-46-37-19-11-13-21-39(37)48-31-35(43)29-41(27-33-15-7-5-8-16-33)23-25-45-26-24-42(28-34-17-9-6-10-18-34)30-36(44)32-49-40-22-14-12-20-38(40)47-4-2;;/h5-22,35-36,43-44H,3-4,23-32H2,1-2H3;5-22,35-36H,3-4,23-32H2,1-2H3;;/q;-2;2*+1. The molecule has 8 aromatic rings. The molecule has 0 aliphatic rings. The molecule has 0 spiro atoms. The summed E-state index contributed by atoms with van der Waals surface area (Å²) in [6, 6.07) is 70.4. The fourth-order valence-corrected chi connectivity index (χ4v) is 10.8. The molecule has 0 bridgehead atoms. The summed E-state index contributed by atoms with van der Waals surface area (Å²) >= 11 is 0. The molecule has 4 unspecified atom stereocenters. The van der Waals surface area contributed by atoms with Gasteiger partial charge in [-0.3, -0.25) is 19.6 Å². The Bertz CT molecular complexity index is 2900. The van der Waals surface area contributed by atoms with Crippen LogP contribution in [0.4, 0.5) is 0 Å². The van der Waals surface area contributed by atoms with Crippen LogP contribution in [0.15, 0.2) is 218 Å². The van der Waals surface area contributed by atoms with Crippen LogP contribution >= 0.6 is 0 Å². The third-order valence-corrected chi connectivity index (χ3v) is 15.4. The van der Waals surface area contributed by atoms with E-state index in [-0.39, 0.29) is 85.5 Å². The molecule has 0 fully saturated rings. The quantitative estimate of drug-likeness (QED) is 0.0409. The van der Waals surface area contributed by atoms with E-state index in [4.69, 9.17) is 47.4 Å². The normalized spacial score (nSPS) is 12.3. The van der Waals surface area contributed by atoms with Gasteiger partial charge in [-0.15, -0.1) is 0 Å². The molecule has 0 aliphatic carbocycles. The second-order valence-corrected chi connectivity index (χ2v) is 23.4. The predicted molar refractivity (Wildman–Crippen MR) is 381 cm³/mol. The van der Waals surface area contributed by atoms with Crippen molar-refractivity contribution >= 4 is 0 Å². The first-order chi connectivity index (χ1) is 48.1. The first-order valence-electron chi connectivity index (χ1n) is 34.3. The molecule has 4 atom stereocenters. The SMILES string of the molecule is CCOc1ccccc1OCC(O)CN(CCOCCN(Cc1ccccc1)CC(O)COc1ccccc1OCC)Cc1ccccc1.CCOc1ccccc1OCC([O-])CN(CCOCCN(Cc1ccccc1)CC([O-])COc1ccccc1OCC)Cc1ccccc1.[Na+].[Na+]. The molecule has 100 heavy (non-hydrogen) atoms. The molecule has 0 aliphatic heterocycles. The van der Waals surface area contributed by atoms with E-state index in [0.717, 1.165) is 22.3 Å². The largest absolute Gasteiger partial charge is 1.00 e. The number of hydrogen-bond donors (Lipinski definition) is 2. The first-order valence-corrected chi connectivity index (χ1v) is 34.3. The average molecular weight is 1390 g/mol. The summed E-state index contributed by atoms with van der Waals surface area (Å²) in [6.07, 6.45) is -3.33. The minimum absolute atomic E-state index is 0. The average Bonchev–Trinajstić information content (AvgIpc) is 1.03. The fraction of sp³-hybridized carbons (Fsp3) is 0.400. The van der Waals surface area contributed by atoms with E-state index in [2.05, 4.69) is 68.1 Å². The topological polar surface area (TPSA) is 192 Å². The van der Waals surface area contributed by atoms with Crippen molar-refractivity contribution in [1.82, 2.24) is 19.6 Å². The first kappa shape index (κ1) is 84.4. The fourth-order valence-electron chi connectivity index (χ4n) is 10.8. The maximum Gasteiger partial charge on any atom is 1.00 e. The summed E-state index contributed by atoms with van der Waals surface area (Å²) in [5, 5.41) is 48.1. The number of aliphatic hydroxyl groups is 2. The second kappa shape index (κ2) is 51.0. The number of rotatable bonds is 48. The number of benzene rings is 8. The molecule has 0 saturated heterocycles. The number of nitrogens with zero attached hydrogens (tertiary/aromatic N) is 4. The van der Waals surface area contributed by atoms with Gasteiger partial charge in [0, 0.05) is 65.4 Å². The maximum absolute atomic E-state index is 13.1. The summed E-state index contributed by atoms with van der Waals surface area (Å²) in [7, 11) is 0. The summed E-state index contributed by atoms with van der Waals surface area (Å²) < 4.78 is 58.4. The number of aliphatic hydroxyl groups excluding tert-OH is 2.